The minimum Gasteiger partial charge on any atom is -0.312 e. The summed E-state index contributed by atoms with van der Waals surface area (Å²) in [7, 11) is 0. The Bertz CT molecular complexity index is 250. The SMILES string of the molecule is CC1=CCCN(CCCCCCNC(C)(C)C)C1. The predicted octanol–water partition coefficient (Wildman–Crippen LogP) is 3.59. The molecule has 0 radical (unpaired) electrons. The van der Waals surface area contributed by atoms with Gasteiger partial charge in [-0.15, -0.1) is 0 Å². The first kappa shape index (κ1) is 15.7. The minimum absolute atomic E-state index is 0.275. The molecule has 0 atom stereocenters. The van der Waals surface area contributed by atoms with Crippen LogP contribution in [0.1, 0.15) is 59.8 Å². The second-order valence-corrected chi connectivity index (χ2v) is 6.71. The molecular weight excluding hydrogens is 220 g/mol. The molecule has 0 aromatic rings. The van der Waals surface area contributed by atoms with Gasteiger partial charge in [0.1, 0.15) is 0 Å². The fourth-order valence-electron chi connectivity index (χ4n) is 2.46. The van der Waals surface area contributed by atoms with Gasteiger partial charge >= 0.3 is 0 Å². The summed E-state index contributed by atoms with van der Waals surface area (Å²) in [5.41, 5.74) is 1.83. The topological polar surface area (TPSA) is 15.3 Å². The normalized spacial score (nSPS) is 17.9. The quantitative estimate of drug-likeness (QED) is 0.550. The van der Waals surface area contributed by atoms with Gasteiger partial charge in [-0.05, 0) is 60.0 Å². The zero-order valence-electron chi connectivity index (χ0n) is 12.9. The molecule has 0 aliphatic carbocycles. The molecule has 1 N–H and O–H groups in total. The second-order valence-electron chi connectivity index (χ2n) is 6.71. The van der Waals surface area contributed by atoms with Gasteiger partial charge in [-0.2, -0.15) is 0 Å². The van der Waals surface area contributed by atoms with E-state index in [1.807, 2.05) is 0 Å². The second kappa shape index (κ2) is 7.96. The van der Waals surface area contributed by atoms with E-state index >= 15 is 0 Å². The van der Waals surface area contributed by atoms with Crippen molar-refractivity contribution in [2.75, 3.05) is 26.2 Å². The summed E-state index contributed by atoms with van der Waals surface area (Å²) in [6.45, 7) is 13.9. The minimum atomic E-state index is 0.275. The van der Waals surface area contributed by atoms with Crippen LogP contribution >= 0.6 is 0 Å². The molecule has 0 bridgehead atoms. The van der Waals surface area contributed by atoms with Gasteiger partial charge in [0.05, 0.1) is 0 Å². The molecule has 1 rings (SSSR count). The van der Waals surface area contributed by atoms with Crippen LogP contribution in [-0.2, 0) is 0 Å². The maximum Gasteiger partial charge on any atom is 0.0190 e. The van der Waals surface area contributed by atoms with Crippen molar-refractivity contribution in [3.8, 4) is 0 Å². The van der Waals surface area contributed by atoms with Crippen molar-refractivity contribution < 1.29 is 0 Å². The van der Waals surface area contributed by atoms with Gasteiger partial charge < -0.3 is 5.32 Å². The maximum absolute atomic E-state index is 3.55. The molecule has 1 heterocycles. The van der Waals surface area contributed by atoms with Crippen LogP contribution in [0.5, 0.6) is 0 Å². The van der Waals surface area contributed by atoms with Crippen molar-refractivity contribution in [1.29, 1.82) is 0 Å². The number of nitrogens with zero attached hydrogens (tertiary/aromatic N) is 1. The molecule has 0 saturated carbocycles. The highest BCUT2D eigenvalue weighted by Crippen LogP contribution is 2.10. The average molecular weight is 252 g/mol. The van der Waals surface area contributed by atoms with E-state index in [-0.39, 0.29) is 5.54 Å². The van der Waals surface area contributed by atoms with Gasteiger partial charge in [0, 0.05) is 18.6 Å². The fourth-order valence-corrected chi connectivity index (χ4v) is 2.46. The van der Waals surface area contributed by atoms with Crippen LogP contribution in [0.4, 0.5) is 0 Å². The summed E-state index contributed by atoms with van der Waals surface area (Å²) in [5, 5.41) is 3.55. The van der Waals surface area contributed by atoms with E-state index in [1.165, 1.54) is 51.7 Å². The van der Waals surface area contributed by atoms with E-state index in [4.69, 9.17) is 0 Å². The Kier molecular flexibility index (Phi) is 6.95. The Morgan fingerprint density at radius 3 is 2.56 bits per heavy atom. The van der Waals surface area contributed by atoms with Crippen LogP contribution in [0, 0.1) is 0 Å². The Morgan fingerprint density at radius 1 is 1.17 bits per heavy atom. The molecule has 0 spiro atoms. The molecule has 0 saturated heterocycles. The van der Waals surface area contributed by atoms with Crippen molar-refractivity contribution in [2.24, 2.45) is 0 Å². The fraction of sp³-hybridized carbons (Fsp3) is 0.875. The molecule has 0 unspecified atom stereocenters. The van der Waals surface area contributed by atoms with Crippen LogP contribution in [0.3, 0.4) is 0 Å². The van der Waals surface area contributed by atoms with Crippen LogP contribution in [0.2, 0.25) is 0 Å². The first-order valence-corrected chi connectivity index (χ1v) is 7.60. The van der Waals surface area contributed by atoms with Crippen LogP contribution in [0.25, 0.3) is 0 Å². The lowest BCUT2D eigenvalue weighted by Crippen LogP contribution is -2.36. The van der Waals surface area contributed by atoms with Gasteiger partial charge in [0.2, 0.25) is 0 Å². The third-order valence-electron chi connectivity index (χ3n) is 3.47. The number of hydrogen-bond donors (Lipinski definition) is 1. The summed E-state index contributed by atoms with van der Waals surface area (Å²) in [6, 6.07) is 0. The number of nitrogens with one attached hydrogen (secondary N) is 1. The molecule has 0 aromatic heterocycles. The van der Waals surface area contributed by atoms with Crippen molar-refractivity contribution in [1.82, 2.24) is 10.2 Å². The Balaban J connectivity index is 1.91. The van der Waals surface area contributed by atoms with E-state index in [0.29, 0.717) is 0 Å². The lowest BCUT2D eigenvalue weighted by molar-refractivity contribution is 0.282. The van der Waals surface area contributed by atoms with E-state index < -0.39 is 0 Å². The summed E-state index contributed by atoms with van der Waals surface area (Å²) >= 11 is 0. The van der Waals surface area contributed by atoms with Gasteiger partial charge in [-0.1, -0.05) is 24.5 Å². The average Bonchev–Trinajstić information content (AvgIpc) is 2.26. The van der Waals surface area contributed by atoms with Crippen molar-refractivity contribution >= 4 is 0 Å². The highest BCUT2D eigenvalue weighted by molar-refractivity contribution is 5.04. The van der Waals surface area contributed by atoms with E-state index in [9.17, 15) is 0 Å². The van der Waals surface area contributed by atoms with Crippen LogP contribution in [0.15, 0.2) is 11.6 Å². The van der Waals surface area contributed by atoms with Gasteiger partial charge in [0.25, 0.3) is 0 Å². The van der Waals surface area contributed by atoms with Crippen LogP contribution < -0.4 is 5.32 Å². The Hall–Kier alpha value is -0.340. The molecule has 106 valence electrons. The first-order valence-electron chi connectivity index (χ1n) is 7.60. The van der Waals surface area contributed by atoms with E-state index in [1.54, 1.807) is 5.57 Å². The zero-order chi connectivity index (χ0) is 13.4. The summed E-state index contributed by atoms with van der Waals surface area (Å²) in [5.74, 6) is 0. The molecular formula is C16H32N2. The van der Waals surface area contributed by atoms with Crippen molar-refractivity contribution in [3.63, 3.8) is 0 Å². The number of rotatable bonds is 7. The van der Waals surface area contributed by atoms with Crippen molar-refractivity contribution in [2.45, 2.75) is 65.3 Å². The van der Waals surface area contributed by atoms with E-state index in [2.05, 4.69) is 44.0 Å². The highest BCUT2D eigenvalue weighted by Gasteiger charge is 2.09. The third kappa shape index (κ3) is 7.88. The third-order valence-corrected chi connectivity index (χ3v) is 3.47. The molecule has 0 amide bonds. The summed E-state index contributed by atoms with van der Waals surface area (Å²) in [4.78, 5) is 2.60. The van der Waals surface area contributed by atoms with Gasteiger partial charge in [-0.3, -0.25) is 4.90 Å². The lowest BCUT2D eigenvalue weighted by atomic mass is 10.1. The molecule has 18 heavy (non-hydrogen) atoms. The zero-order valence-corrected chi connectivity index (χ0v) is 12.9. The first-order chi connectivity index (χ1) is 8.47. The molecule has 1 aliphatic rings. The molecule has 0 aromatic carbocycles. The number of unbranched alkanes of at least 4 members (excludes halogenated alkanes) is 3. The maximum atomic E-state index is 3.55. The molecule has 0 fully saturated rings. The Morgan fingerprint density at radius 2 is 1.89 bits per heavy atom. The largest absolute Gasteiger partial charge is 0.312 e. The molecule has 2 nitrogen and oxygen atoms in total. The van der Waals surface area contributed by atoms with Crippen LogP contribution in [-0.4, -0.2) is 36.6 Å². The van der Waals surface area contributed by atoms with Gasteiger partial charge in [-0.25, -0.2) is 0 Å². The Labute approximate surface area is 114 Å². The predicted molar refractivity (Wildman–Crippen MR) is 81.0 cm³/mol. The molecule has 1 aliphatic heterocycles. The number of hydrogen-bond acceptors (Lipinski definition) is 2. The van der Waals surface area contributed by atoms with E-state index in [0.717, 1.165) is 6.54 Å². The summed E-state index contributed by atoms with van der Waals surface area (Å²) in [6.07, 6.45) is 9.06. The summed E-state index contributed by atoms with van der Waals surface area (Å²) < 4.78 is 0. The smallest absolute Gasteiger partial charge is 0.0190 e. The van der Waals surface area contributed by atoms with Crippen molar-refractivity contribution in [3.05, 3.63) is 11.6 Å². The monoisotopic (exact) mass is 252 g/mol. The highest BCUT2D eigenvalue weighted by atomic mass is 15.1. The molecule has 2 heteroatoms. The standard InChI is InChI=1S/C16H32N2/c1-15-10-9-13-18(14-15)12-8-6-5-7-11-17-16(2,3)4/h10,17H,5-9,11-14H2,1-4H3. The lowest BCUT2D eigenvalue weighted by Gasteiger charge is -2.25. The van der Waals surface area contributed by atoms with Gasteiger partial charge in [0.15, 0.2) is 0 Å².